The number of benzene rings is 2. The first-order chi connectivity index (χ1) is 18.2. The highest BCUT2D eigenvalue weighted by molar-refractivity contribution is 5.47. The Labute approximate surface area is 219 Å². The first-order valence-electron chi connectivity index (χ1n) is 11.9. The van der Waals surface area contributed by atoms with Gasteiger partial charge in [0, 0.05) is 13.1 Å². The monoisotopic (exact) mass is 561 g/mol. The van der Waals surface area contributed by atoms with Crippen LogP contribution in [-0.4, -0.2) is 41.4 Å². The van der Waals surface area contributed by atoms with Crippen molar-refractivity contribution in [3.8, 4) is 0 Å². The molecular weight excluding hydrogens is 535 g/mol. The van der Waals surface area contributed by atoms with Crippen LogP contribution in [0.4, 0.5) is 36.6 Å². The van der Waals surface area contributed by atoms with E-state index in [0.29, 0.717) is 42.3 Å². The third kappa shape index (κ3) is 6.17. The fraction of sp³-hybridized carbons (Fsp3) is 0.440. The lowest BCUT2D eigenvalue weighted by atomic mass is 9.94. The summed E-state index contributed by atoms with van der Waals surface area (Å²) in [4.78, 5) is 1.80. The zero-order chi connectivity index (χ0) is 28.6. The molecule has 0 radical (unpaired) electrons. The largest absolute Gasteiger partial charge is 0.416 e. The van der Waals surface area contributed by atoms with Gasteiger partial charge >= 0.3 is 12.4 Å². The molecule has 14 heteroatoms. The molecule has 0 aliphatic carbocycles. The maximum atomic E-state index is 13.8. The second-order valence-corrected chi connectivity index (χ2v) is 9.26. The number of nitrogens with one attached hydrogen (secondary N) is 2. The van der Waals surface area contributed by atoms with Crippen LogP contribution >= 0.6 is 0 Å². The third-order valence-corrected chi connectivity index (χ3v) is 6.43. The van der Waals surface area contributed by atoms with Gasteiger partial charge in [-0.1, -0.05) is 17.3 Å². The summed E-state index contributed by atoms with van der Waals surface area (Å²) in [6.45, 7) is 3.62. The number of H-pyrrole nitrogens is 1. The number of aromatic nitrogens is 3. The number of rotatable bonds is 7. The SMILES string of the molecule is CNCc1[nH]nnc1N1CCO[C@](C)(O[C@H](C)c2cc(C(F)(F)F)cc(C(F)(F)F)c2)[C@@H]1c1ccc(F)cc1. The van der Waals surface area contributed by atoms with Crippen LogP contribution in [0.1, 0.15) is 53.9 Å². The maximum Gasteiger partial charge on any atom is 0.416 e. The summed E-state index contributed by atoms with van der Waals surface area (Å²) in [7, 11) is 1.72. The minimum Gasteiger partial charge on any atom is -0.346 e. The molecule has 0 saturated carbocycles. The number of ether oxygens (including phenoxy) is 2. The lowest BCUT2D eigenvalue weighted by Crippen LogP contribution is -2.55. The molecule has 0 bridgehead atoms. The molecule has 2 heterocycles. The minimum absolute atomic E-state index is 0.0615. The van der Waals surface area contributed by atoms with Crippen molar-refractivity contribution < 1.29 is 40.2 Å². The number of aromatic amines is 1. The number of halogens is 7. The summed E-state index contributed by atoms with van der Waals surface area (Å²) in [6, 6.07) is 5.93. The van der Waals surface area contributed by atoms with Gasteiger partial charge in [-0.05, 0) is 62.4 Å². The van der Waals surface area contributed by atoms with Crippen LogP contribution in [0, 0.1) is 5.82 Å². The van der Waals surface area contributed by atoms with Crippen molar-refractivity contribution in [3.63, 3.8) is 0 Å². The fourth-order valence-corrected chi connectivity index (χ4v) is 4.69. The summed E-state index contributed by atoms with van der Waals surface area (Å²) in [5.74, 6) is -1.68. The van der Waals surface area contributed by atoms with E-state index in [0.717, 1.165) is 0 Å². The van der Waals surface area contributed by atoms with Gasteiger partial charge in [-0.3, -0.25) is 5.10 Å². The van der Waals surface area contributed by atoms with E-state index in [4.69, 9.17) is 9.47 Å². The van der Waals surface area contributed by atoms with E-state index in [-0.39, 0.29) is 18.2 Å². The first kappa shape index (κ1) is 28.8. The zero-order valence-corrected chi connectivity index (χ0v) is 21.1. The number of nitrogens with zero attached hydrogens (tertiary/aromatic N) is 3. The number of anilines is 1. The normalized spacial score (nSPS) is 21.3. The van der Waals surface area contributed by atoms with E-state index in [1.54, 1.807) is 11.9 Å². The van der Waals surface area contributed by atoms with E-state index in [1.807, 2.05) is 0 Å². The van der Waals surface area contributed by atoms with E-state index in [9.17, 15) is 30.7 Å². The molecule has 0 spiro atoms. The van der Waals surface area contributed by atoms with Crippen molar-refractivity contribution in [1.29, 1.82) is 0 Å². The smallest absolute Gasteiger partial charge is 0.346 e. The van der Waals surface area contributed by atoms with E-state index >= 15 is 0 Å². The standard InChI is InChI=1S/C25H26F7N5O2/c1-14(16-10-17(24(27,28)29)12-18(11-16)25(30,31)32)39-23(2)21(15-4-6-19(26)7-5-15)37(8-9-38-23)22-20(13-33-3)34-36-35-22/h4-7,10-12,14,21,33H,8-9,13H2,1-3H3,(H,34,35,36)/t14-,21+,23-/m1/s1. The molecule has 0 unspecified atom stereocenters. The molecule has 3 aromatic rings. The molecule has 212 valence electrons. The second kappa shape index (κ2) is 10.7. The van der Waals surface area contributed by atoms with Crippen molar-refractivity contribution in [3.05, 3.63) is 76.2 Å². The van der Waals surface area contributed by atoms with Gasteiger partial charge in [0.2, 0.25) is 0 Å². The molecule has 1 aromatic heterocycles. The Hall–Kier alpha value is -3.23. The lowest BCUT2D eigenvalue weighted by Gasteiger charge is -2.49. The fourth-order valence-electron chi connectivity index (χ4n) is 4.69. The van der Waals surface area contributed by atoms with Gasteiger partial charge in [-0.25, -0.2) is 4.39 Å². The van der Waals surface area contributed by atoms with Crippen LogP contribution in [0.25, 0.3) is 0 Å². The Morgan fingerprint density at radius 2 is 1.72 bits per heavy atom. The average molecular weight is 562 g/mol. The van der Waals surface area contributed by atoms with Crippen molar-refractivity contribution in [2.75, 3.05) is 25.1 Å². The molecule has 2 aromatic carbocycles. The van der Waals surface area contributed by atoms with Gasteiger partial charge in [-0.15, -0.1) is 5.10 Å². The molecular formula is C25H26F7N5O2. The molecule has 1 saturated heterocycles. The molecule has 2 N–H and O–H groups in total. The van der Waals surface area contributed by atoms with Gasteiger partial charge in [-0.2, -0.15) is 26.3 Å². The van der Waals surface area contributed by atoms with Gasteiger partial charge in [0.25, 0.3) is 0 Å². The summed E-state index contributed by atoms with van der Waals surface area (Å²) in [5.41, 5.74) is -2.10. The highest BCUT2D eigenvalue weighted by atomic mass is 19.4. The predicted molar refractivity (Wildman–Crippen MR) is 126 cm³/mol. The maximum absolute atomic E-state index is 13.8. The van der Waals surface area contributed by atoms with Gasteiger partial charge < -0.3 is 19.7 Å². The Bertz CT molecular complexity index is 1250. The Morgan fingerprint density at radius 1 is 1.10 bits per heavy atom. The molecule has 1 aliphatic heterocycles. The summed E-state index contributed by atoms with van der Waals surface area (Å²) < 4.78 is 107. The van der Waals surface area contributed by atoms with Gasteiger partial charge in [0.1, 0.15) is 11.9 Å². The minimum atomic E-state index is -5.01. The average Bonchev–Trinajstić information content (AvgIpc) is 3.31. The van der Waals surface area contributed by atoms with Crippen LogP contribution in [-0.2, 0) is 28.4 Å². The Balaban J connectivity index is 1.77. The van der Waals surface area contributed by atoms with Crippen molar-refractivity contribution >= 4 is 5.82 Å². The van der Waals surface area contributed by atoms with Crippen LogP contribution in [0.3, 0.4) is 0 Å². The van der Waals surface area contributed by atoms with Crippen molar-refractivity contribution in [2.24, 2.45) is 0 Å². The third-order valence-electron chi connectivity index (χ3n) is 6.43. The quantitative estimate of drug-likeness (QED) is 0.357. The molecule has 1 aliphatic rings. The van der Waals surface area contributed by atoms with E-state index in [1.165, 1.54) is 38.1 Å². The highest BCUT2D eigenvalue weighted by Crippen LogP contribution is 2.45. The summed E-state index contributed by atoms with van der Waals surface area (Å²) in [6.07, 6.45) is -11.3. The second-order valence-electron chi connectivity index (χ2n) is 9.26. The molecule has 4 rings (SSSR count). The van der Waals surface area contributed by atoms with Crippen LogP contribution in [0.5, 0.6) is 0 Å². The Morgan fingerprint density at radius 3 is 2.28 bits per heavy atom. The molecule has 39 heavy (non-hydrogen) atoms. The molecule has 0 amide bonds. The lowest BCUT2D eigenvalue weighted by molar-refractivity contribution is -0.271. The van der Waals surface area contributed by atoms with E-state index < -0.39 is 47.2 Å². The first-order valence-corrected chi connectivity index (χ1v) is 11.9. The molecule has 3 atom stereocenters. The summed E-state index contributed by atoms with van der Waals surface area (Å²) in [5, 5.41) is 13.8. The van der Waals surface area contributed by atoms with Gasteiger partial charge in [0.15, 0.2) is 11.6 Å². The van der Waals surface area contributed by atoms with Crippen molar-refractivity contribution in [2.45, 2.75) is 50.7 Å². The number of morpholine rings is 1. The topological polar surface area (TPSA) is 75.3 Å². The highest BCUT2D eigenvalue weighted by Gasteiger charge is 2.47. The van der Waals surface area contributed by atoms with Crippen LogP contribution in [0.2, 0.25) is 0 Å². The molecule has 7 nitrogen and oxygen atoms in total. The van der Waals surface area contributed by atoms with Gasteiger partial charge in [0.05, 0.1) is 29.5 Å². The number of hydrogen-bond acceptors (Lipinski definition) is 6. The molecule has 1 fully saturated rings. The number of hydrogen-bond donors (Lipinski definition) is 2. The predicted octanol–water partition coefficient (Wildman–Crippen LogP) is 5.77. The van der Waals surface area contributed by atoms with E-state index in [2.05, 4.69) is 20.7 Å². The summed E-state index contributed by atoms with van der Waals surface area (Å²) >= 11 is 0. The van der Waals surface area contributed by atoms with Crippen molar-refractivity contribution in [1.82, 2.24) is 20.7 Å². The zero-order valence-electron chi connectivity index (χ0n) is 21.1. The Kier molecular flexibility index (Phi) is 7.92. The van der Waals surface area contributed by atoms with Crippen LogP contribution in [0.15, 0.2) is 42.5 Å². The number of alkyl halides is 6. The van der Waals surface area contributed by atoms with Crippen LogP contribution < -0.4 is 10.2 Å².